The average Bonchev–Trinajstić information content (AvgIpc) is 2.11. The van der Waals surface area contributed by atoms with E-state index in [9.17, 15) is 9.18 Å². The SMILES string of the molecule is CC(C)Oc1c(Br)ccc(C(=O)O)c1F. The van der Waals surface area contributed by atoms with Crippen LogP contribution in [-0.2, 0) is 0 Å². The maximum Gasteiger partial charge on any atom is 0.338 e. The molecule has 0 unspecified atom stereocenters. The van der Waals surface area contributed by atoms with Crippen LogP contribution in [0.1, 0.15) is 24.2 Å². The summed E-state index contributed by atoms with van der Waals surface area (Å²) in [7, 11) is 0. The Morgan fingerprint density at radius 3 is 2.60 bits per heavy atom. The predicted molar refractivity (Wildman–Crippen MR) is 56.8 cm³/mol. The summed E-state index contributed by atoms with van der Waals surface area (Å²) < 4.78 is 19.2. The Labute approximate surface area is 95.0 Å². The number of carboxylic acid groups (broad SMARTS) is 1. The minimum absolute atomic E-state index is 0.0649. The molecule has 1 N–H and O–H groups in total. The topological polar surface area (TPSA) is 46.5 Å². The van der Waals surface area contributed by atoms with Gasteiger partial charge in [-0.15, -0.1) is 0 Å². The summed E-state index contributed by atoms with van der Waals surface area (Å²) in [5.74, 6) is -2.23. The number of carboxylic acids is 1. The van der Waals surface area contributed by atoms with E-state index < -0.39 is 17.3 Å². The monoisotopic (exact) mass is 276 g/mol. The highest BCUT2D eigenvalue weighted by Gasteiger charge is 2.18. The number of rotatable bonds is 3. The first-order chi connectivity index (χ1) is 6.93. The van der Waals surface area contributed by atoms with Crippen molar-refractivity contribution in [3.05, 3.63) is 28.0 Å². The minimum Gasteiger partial charge on any atom is -0.487 e. The van der Waals surface area contributed by atoms with E-state index in [1.54, 1.807) is 13.8 Å². The van der Waals surface area contributed by atoms with Gasteiger partial charge in [-0.05, 0) is 41.9 Å². The van der Waals surface area contributed by atoms with Gasteiger partial charge in [-0.1, -0.05) is 0 Å². The molecule has 0 saturated carbocycles. The van der Waals surface area contributed by atoms with Gasteiger partial charge >= 0.3 is 5.97 Å². The molecule has 0 aromatic heterocycles. The second-order valence-corrected chi connectivity index (χ2v) is 4.06. The third-order valence-corrected chi connectivity index (χ3v) is 2.26. The van der Waals surface area contributed by atoms with Crippen molar-refractivity contribution in [3.63, 3.8) is 0 Å². The second kappa shape index (κ2) is 4.61. The van der Waals surface area contributed by atoms with E-state index in [0.717, 1.165) is 0 Å². The van der Waals surface area contributed by atoms with Gasteiger partial charge < -0.3 is 9.84 Å². The van der Waals surface area contributed by atoms with E-state index in [-0.39, 0.29) is 11.9 Å². The van der Waals surface area contributed by atoms with Gasteiger partial charge in [0.25, 0.3) is 0 Å². The largest absolute Gasteiger partial charge is 0.487 e. The normalized spacial score (nSPS) is 10.5. The zero-order valence-corrected chi connectivity index (χ0v) is 9.84. The second-order valence-electron chi connectivity index (χ2n) is 3.21. The molecule has 0 radical (unpaired) electrons. The highest BCUT2D eigenvalue weighted by molar-refractivity contribution is 9.10. The standard InChI is InChI=1S/C10H10BrFO3/c1-5(2)15-9-7(11)4-3-6(8(9)12)10(13)14/h3-5H,1-2H3,(H,13,14). The van der Waals surface area contributed by atoms with Crippen molar-refractivity contribution in [3.8, 4) is 5.75 Å². The van der Waals surface area contributed by atoms with Crippen molar-refractivity contribution in [1.82, 2.24) is 0 Å². The number of hydrogen-bond acceptors (Lipinski definition) is 2. The lowest BCUT2D eigenvalue weighted by molar-refractivity contribution is 0.0690. The Morgan fingerprint density at radius 1 is 1.53 bits per heavy atom. The number of ether oxygens (including phenoxy) is 1. The molecule has 0 heterocycles. The van der Waals surface area contributed by atoms with E-state index in [1.165, 1.54) is 12.1 Å². The van der Waals surface area contributed by atoms with Crippen molar-refractivity contribution in [2.45, 2.75) is 20.0 Å². The van der Waals surface area contributed by atoms with Gasteiger partial charge in [-0.2, -0.15) is 0 Å². The molecule has 1 aromatic carbocycles. The van der Waals surface area contributed by atoms with Crippen LogP contribution in [0.25, 0.3) is 0 Å². The molecule has 0 atom stereocenters. The van der Waals surface area contributed by atoms with Crippen LogP contribution in [0, 0.1) is 5.82 Å². The van der Waals surface area contributed by atoms with Crippen LogP contribution in [0.3, 0.4) is 0 Å². The van der Waals surface area contributed by atoms with Crippen molar-refractivity contribution >= 4 is 21.9 Å². The Bertz CT molecular complexity index is 390. The number of hydrogen-bond donors (Lipinski definition) is 1. The van der Waals surface area contributed by atoms with E-state index in [4.69, 9.17) is 9.84 Å². The average molecular weight is 277 g/mol. The number of aromatic carboxylic acids is 1. The number of benzene rings is 1. The lowest BCUT2D eigenvalue weighted by atomic mass is 10.2. The van der Waals surface area contributed by atoms with Crippen LogP contribution in [0.5, 0.6) is 5.75 Å². The van der Waals surface area contributed by atoms with Crippen molar-refractivity contribution in [2.75, 3.05) is 0 Å². The highest BCUT2D eigenvalue weighted by Crippen LogP contribution is 2.31. The van der Waals surface area contributed by atoms with Gasteiger partial charge in [-0.25, -0.2) is 9.18 Å². The molecule has 0 fully saturated rings. The highest BCUT2D eigenvalue weighted by atomic mass is 79.9. The quantitative estimate of drug-likeness (QED) is 0.923. The lowest BCUT2D eigenvalue weighted by Gasteiger charge is -2.13. The zero-order valence-electron chi connectivity index (χ0n) is 8.25. The van der Waals surface area contributed by atoms with Gasteiger partial charge in [0.2, 0.25) is 0 Å². The van der Waals surface area contributed by atoms with Gasteiger partial charge in [0.15, 0.2) is 11.6 Å². The molecule has 0 saturated heterocycles. The first-order valence-electron chi connectivity index (χ1n) is 4.31. The minimum atomic E-state index is -1.31. The van der Waals surface area contributed by atoms with Gasteiger partial charge in [0, 0.05) is 0 Å². The molecule has 0 bridgehead atoms. The first kappa shape index (κ1) is 12.0. The summed E-state index contributed by atoms with van der Waals surface area (Å²) in [6, 6.07) is 2.64. The van der Waals surface area contributed by atoms with Crippen molar-refractivity contribution < 1.29 is 19.0 Å². The van der Waals surface area contributed by atoms with Crippen LogP contribution in [0.2, 0.25) is 0 Å². The molecule has 0 aliphatic carbocycles. The number of halogens is 2. The molecule has 0 aliphatic heterocycles. The molecule has 1 rings (SSSR count). The summed E-state index contributed by atoms with van der Waals surface area (Å²) in [5.41, 5.74) is -0.395. The predicted octanol–water partition coefficient (Wildman–Crippen LogP) is 3.07. The van der Waals surface area contributed by atoms with Crippen LogP contribution in [0.4, 0.5) is 4.39 Å². The molecule has 1 aromatic rings. The summed E-state index contributed by atoms with van der Waals surface area (Å²) in [4.78, 5) is 10.7. The van der Waals surface area contributed by atoms with Crippen LogP contribution < -0.4 is 4.74 Å². The van der Waals surface area contributed by atoms with E-state index in [1.807, 2.05) is 0 Å². The molecular formula is C10H10BrFO3. The van der Waals surface area contributed by atoms with Gasteiger partial charge in [0.05, 0.1) is 16.1 Å². The molecule has 0 spiro atoms. The summed E-state index contributed by atoms with van der Waals surface area (Å²) in [6.45, 7) is 3.47. The maximum absolute atomic E-state index is 13.6. The smallest absolute Gasteiger partial charge is 0.338 e. The molecular weight excluding hydrogens is 267 g/mol. The van der Waals surface area contributed by atoms with Gasteiger partial charge in [-0.3, -0.25) is 0 Å². The van der Waals surface area contributed by atoms with Crippen molar-refractivity contribution in [1.29, 1.82) is 0 Å². The molecule has 3 nitrogen and oxygen atoms in total. The lowest BCUT2D eigenvalue weighted by Crippen LogP contribution is -2.10. The zero-order chi connectivity index (χ0) is 11.6. The van der Waals surface area contributed by atoms with Crippen LogP contribution in [0.15, 0.2) is 16.6 Å². The van der Waals surface area contributed by atoms with Crippen molar-refractivity contribution in [2.24, 2.45) is 0 Å². The van der Waals surface area contributed by atoms with E-state index in [0.29, 0.717) is 4.47 Å². The Hall–Kier alpha value is -1.10. The summed E-state index contributed by atoms with van der Waals surface area (Å²) in [5, 5.41) is 8.70. The third kappa shape index (κ3) is 2.68. The van der Waals surface area contributed by atoms with Crippen LogP contribution in [-0.4, -0.2) is 17.2 Å². The van der Waals surface area contributed by atoms with Crippen LogP contribution >= 0.6 is 15.9 Å². The molecule has 5 heteroatoms. The summed E-state index contributed by atoms with van der Waals surface area (Å²) >= 11 is 3.10. The Balaban J connectivity index is 3.24. The molecule has 0 aliphatic rings. The fraction of sp³-hybridized carbons (Fsp3) is 0.300. The summed E-state index contributed by atoms with van der Waals surface area (Å²) in [6.07, 6.45) is -0.222. The number of carbonyl (C=O) groups is 1. The maximum atomic E-state index is 13.6. The van der Waals surface area contributed by atoms with E-state index >= 15 is 0 Å². The fourth-order valence-corrected chi connectivity index (χ4v) is 1.44. The Morgan fingerprint density at radius 2 is 2.13 bits per heavy atom. The molecule has 0 amide bonds. The molecule has 82 valence electrons. The first-order valence-corrected chi connectivity index (χ1v) is 5.10. The molecule has 15 heavy (non-hydrogen) atoms. The van der Waals surface area contributed by atoms with Gasteiger partial charge in [0.1, 0.15) is 0 Å². The Kier molecular flexibility index (Phi) is 3.68. The van der Waals surface area contributed by atoms with E-state index in [2.05, 4.69) is 15.9 Å². The third-order valence-electron chi connectivity index (χ3n) is 1.63. The fourth-order valence-electron chi connectivity index (χ4n) is 1.04.